The van der Waals surface area contributed by atoms with Crippen molar-refractivity contribution in [2.45, 2.75) is 52.1 Å². The molecule has 8 heteroatoms. The topological polar surface area (TPSA) is 85.8 Å². The summed E-state index contributed by atoms with van der Waals surface area (Å²) in [5.74, 6) is 3.01. The Kier molecular flexibility index (Phi) is 4.83. The molecule has 0 bridgehead atoms. The predicted octanol–water partition coefficient (Wildman–Crippen LogP) is 2.89. The molecule has 0 radical (unpaired) electrons. The molecule has 0 saturated carbocycles. The second kappa shape index (κ2) is 7.41. The fraction of sp³-hybridized carbons (Fsp3) is 0.444. The molecule has 0 atom stereocenters. The average Bonchev–Trinajstić information content (AvgIpc) is 3.32. The van der Waals surface area contributed by atoms with Gasteiger partial charge in [0.1, 0.15) is 11.6 Å². The van der Waals surface area contributed by atoms with Gasteiger partial charge < -0.3 is 14.3 Å². The minimum atomic E-state index is -0.0925. The monoisotopic (exact) mass is 371 g/mol. The molecule has 0 saturated heterocycles. The Morgan fingerprint density at radius 2 is 2.27 bits per heavy atom. The Hall–Kier alpha value is -2.48. The summed E-state index contributed by atoms with van der Waals surface area (Å²) in [4.78, 5) is 17.8. The number of aromatic nitrogens is 4. The first-order chi connectivity index (χ1) is 12.7. The Labute approximate surface area is 155 Å². The van der Waals surface area contributed by atoms with E-state index in [-0.39, 0.29) is 12.3 Å². The molecule has 0 fully saturated rings. The fourth-order valence-corrected chi connectivity index (χ4v) is 3.81. The maximum Gasteiger partial charge on any atom is 0.236 e. The number of oxazole rings is 1. The van der Waals surface area contributed by atoms with Crippen LogP contribution in [0.4, 0.5) is 0 Å². The summed E-state index contributed by atoms with van der Waals surface area (Å²) >= 11 is 1.57. The first kappa shape index (κ1) is 17.0. The molecule has 136 valence electrons. The molecule has 3 aromatic heterocycles. The van der Waals surface area contributed by atoms with Gasteiger partial charge in [-0.3, -0.25) is 4.79 Å². The van der Waals surface area contributed by atoms with Gasteiger partial charge in [0.15, 0.2) is 5.82 Å². The van der Waals surface area contributed by atoms with Gasteiger partial charge in [0.2, 0.25) is 11.8 Å². The van der Waals surface area contributed by atoms with Crippen molar-refractivity contribution in [2.75, 3.05) is 0 Å². The van der Waals surface area contributed by atoms with Gasteiger partial charge >= 0.3 is 0 Å². The van der Waals surface area contributed by atoms with Gasteiger partial charge in [-0.05, 0) is 31.2 Å². The van der Waals surface area contributed by atoms with E-state index in [1.165, 1.54) is 6.42 Å². The molecule has 3 aromatic rings. The Morgan fingerprint density at radius 3 is 3.12 bits per heavy atom. The Balaban J connectivity index is 1.38. The standard InChI is InChI=1S/C18H21N5O2S/c1-12-13(20-18(25-12)14-6-5-9-26-14)10-17(24)19-11-16-22-21-15-7-3-2-4-8-23(15)16/h5-6,9H,2-4,7-8,10-11H2,1H3,(H,19,24). The van der Waals surface area contributed by atoms with E-state index in [1.807, 2.05) is 24.4 Å². The number of nitrogens with zero attached hydrogens (tertiary/aromatic N) is 4. The number of rotatable bonds is 5. The number of carbonyl (C=O) groups is 1. The SMILES string of the molecule is Cc1oc(-c2cccs2)nc1CC(=O)NCc1nnc2n1CCCCC2. The van der Waals surface area contributed by atoms with E-state index in [4.69, 9.17) is 4.42 Å². The van der Waals surface area contributed by atoms with E-state index in [0.717, 1.165) is 42.3 Å². The van der Waals surface area contributed by atoms with Crippen LogP contribution < -0.4 is 5.32 Å². The zero-order chi connectivity index (χ0) is 17.9. The van der Waals surface area contributed by atoms with E-state index in [0.29, 0.717) is 23.9 Å². The normalized spacial score (nSPS) is 14.0. The third-order valence-electron chi connectivity index (χ3n) is 4.58. The van der Waals surface area contributed by atoms with Gasteiger partial charge in [-0.1, -0.05) is 12.5 Å². The van der Waals surface area contributed by atoms with Crippen molar-refractivity contribution in [1.29, 1.82) is 0 Å². The third-order valence-corrected chi connectivity index (χ3v) is 5.44. The largest absolute Gasteiger partial charge is 0.440 e. The fourth-order valence-electron chi connectivity index (χ4n) is 3.17. The number of nitrogens with one attached hydrogen (secondary N) is 1. The molecule has 0 aromatic carbocycles. The second-order valence-corrected chi connectivity index (χ2v) is 7.40. The summed E-state index contributed by atoms with van der Waals surface area (Å²) in [5, 5.41) is 13.4. The molecule has 1 aliphatic heterocycles. The highest BCUT2D eigenvalue weighted by atomic mass is 32.1. The highest BCUT2D eigenvalue weighted by Crippen LogP contribution is 2.26. The molecule has 7 nitrogen and oxygen atoms in total. The van der Waals surface area contributed by atoms with Crippen molar-refractivity contribution < 1.29 is 9.21 Å². The average molecular weight is 371 g/mol. The third kappa shape index (κ3) is 3.55. The van der Waals surface area contributed by atoms with Gasteiger partial charge in [-0.2, -0.15) is 0 Å². The van der Waals surface area contributed by atoms with Crippen molar-refractivity contribution in [3.8, 4) is 10.8 Å². The van der Waals surface area contributed by atoms with Crippen LogP contribution in [0.1, 0.15) is 42.4 Å². The van der Waals surface area contributed by atoms with Gasteiger partial charge in [0, 0.05) is 13.0 Å². The summed E-state index contributed by atoms with van der Waals surface area (Å²) < 4.78 is 7.83. The van der Waals surface area contributed by atoms with Gasteiger partial charge in [0.25, 0.3) is 0 Å². The van der Waals surface area contributed by atoms with Crippen LogP contribution in [0.15, 0.2) is 21.9 Å². The van der Waals surface area contributed by atoms with Crippen LogP contribution in [0.2, 0.25) is 0 Å². The van der Waals surface area contributed by atoms with Crippen molar-refractivity contribution in [3.05, 3.63) is 40.6 Å². The Morgan fingerprint density at radius 1 is 1.35 bits per heavy atom. The zero-order valence-electron chi connectivity index (χ0n) is 14.7. The second-order valence-electron chi connectivity index (χ2n) is 6.45. The molecule has 1 amide bonds. The number of fused-ring (bicyclic) bond motifs is 1. The lowest BCUT2D eigenvalue weighted by molar-refractivity contribution is -0.120. The van der Waals surface area contributed by atoms with E-state index >= 15 is 0 Å². The van der Waals surface area contributed by atoms with E-state index in [1.54, 1.807) is 11.3 Å². The van der Waals surface area contributed by atoms with Crippen LogP contribution in [0.25, 0.3) is 10.8 Å². The first-order valence-electron chi connectivity index (χ1n) is 8.88. The molecule has 0 spiro atoms. The van der Waals surface area contributed by atoms with Crippen molar-refractivity contribution in [1.82, 2.24) is 25.1 Å². The van der Waals surface area contributed by atoms with Crippen LogP contribution >= 0.6 is 11.3 Å². The lowest BCUT2D eigenvalue weighted by atomic mass is 10.2. The molecule has 0 unspecified atom stereocenters. The van der Waals surface area contributed by atoms with E-state index < -0.39 is 0 Å². The highest BCUT2D eigenvalue weighted by Gasteiger charge is 2.17. The Bertz CT molecular complexity index is 897. The van der Waals surface area contributed by atoms with Crippen molar-refractivity contribution in [2.24, 2.45) is 0 Å². The number of hydrogen-bond donors (Lipinski definition) is 1. The van der Waals surface area contributed by atoms with Gasteiger partial charge in [-0.25, -0.2) is 4.98 Å². The number of carbonyl (C=O) groups excluding carboxylic acids is 1. The number of thiophene rings is 1. The van der Waals surface area contributed by atoms with Crippen LogP contribution in [0.3, 0.4) is 0 Å². The summed E-state index contributed by atoms with van der Waals surface area (Å²) in [6.07, 6.45) is 4.66. The van der Waals surface area contributed by atoms with Crippen LogP contribution in [-0.4, -0.2) is 25.7 Å². The summed E-state index contributed by atoms with van der Waals surface area (Å²) in [6, 6.07) is 3.91. The number of hydrogen-bond acceptors (Lipinski definition) is 6. The zero-order valence-corrected chi connectivity index (χ0v) is 15.5. The molecular weight excluding hydrogens is 350 g/mol. The minimum absolute atomic E-state index is 0.0925. The maximum atomic E-state index is 12.3. The maximum absolute atomic E-state index is 12.3. The molecule has 4 heterocycles. The number of aryl methyl sites for hydroxylation is 2. The van der Waals surface area contributed by atoms with Crippen molar-refractivity contribution in [3.63, 3.8) is 0 Å². The predicted molar refractivity (Wildman–Crippen MR) is 97.7 cm³/mol. The molecular formula is C18H21N5O2S. The molecule has 1 N–H and O–H groups in total. The summed E-state index contributed by atoms with van der Waals surface area (Å²) in [5.41, 5.74) is 0.672. The molecule has 26 heavy (non-hydrogen) atoms. The number of amides is 1. The minimum Gasteiger partial charge on any atom is -0.440 e. The van der Waals surface area contributed by atoms with Gasteiger partial charge in [-0.15, -0.1) is 21.5 Å². The summed E-state index contributed by atoms with van der Waals surface area (Å²) in [7, 11) is 0. The van der Waals surface area contributed by atoms with Gasteiger partial charge in [0.05, 0.1) is 23.5 Å². The highest BCUT2D eigenvalue weighted by molar-refractivity contribution is 7.13. The lowest BCUT2D eigenvalue weighted by Gasteiger charge is -2.07. The summed E-state index contributed by atoms with van der Waals surface area (Å²) in [6.45, 7) is 3.16. The molecule has 4 rings (SSSR count). The molecule has 1 aliphatic rings. The molecule has 0 aliphatic carbocycles. The van der Waals surface area contributed by atoms with Crippen LogP contribution in [0, 0.1) is 6.92 Å². The van der Waals surface area contributed by atoms with E-state index in [2.05, 4.69) is 25.1 Å². The van der Waals surface area contributed by atoms with Crippen molar-refractivity contribution >= 4 is 17.2 Å². The van der Waals surface area contributed by atoms with Crippen LogP contribution in [0.5, 0.6) is 0 Å². The smallest absolute Gasteiger partial charge is 0.236 e. The first-order valence-corrected chi connectivity index (χ1v) is 9.76. The van der Waals surface area contributed by atoms with E-state index in [9.17, 15) is 4.79 Å². The van der Waals surface area contributed by atoms with Crippen LogP contribution in [-0.2, 0) is 30.7 Å². The quantitative estimate of drug-likeness (QED) is 0.745. The lowest BCUT2D eigenvalue weighted by Crippen LogP contribution is -2.26.